The molecule has 3 aromatic rings. The summed E-state index contributed by atoms with van der Waals surface area (Å²) in [5.41, 5.74) is 1.76. The molecule has 0 saturated heterocycles. The van der Waals surface area contributed by atoms with Crippen molar-refractivity contribution in [2.75, 3.05) is 16.8 Å². The van der Waals surface area contributed by atoms with Gasteiger partial charge in [-0.15, -0.1) is 11.3 Å². The van der Waals surface area contributed by atoms with Crippen LogP contribution in [0.1, 0.15) is 20.9 Å². The van der Waals surface area contributed by atoms with E-state index in [1.54, 1.807) is 28.5 Å². The number of carbonyl (C=O) groups excluding carboxylic acids is 2. The van der Waals surface area contributed by atoms with Gasteiger partial charge < -0.3 is 15.5 Å². The second-order valence-corrected chi connectivity index (χ2v) is 7.04. The predicted octanol–water partition coefficient (Wildman–Crippen LogP) is 2.43. The number of fused-ring (bicyclic) bond motifs is 1. The van der Waals surface area contributed by atoms with E-state index >= 15 is 0 Å². The summed E-state index contributed by atoms with van der Waals surface area (Å²) in [5.74, 6) is 0.265. The molecule has 0 fully saturated rings. The van der Waals surface area contributed by atoms with Crippen LogP contribution in [0.5, 0.6) is 0 Å². The van der Waals surface area contributed by atoms with E-state index in [1.807, 2.05) is 35.7 Å². The molecule has 1 aliphatic heterocycles. The van der Waals surface area contributed by atoms with Gasteiger partial charge in [-0.3, -0.25) is 14.6 Å². The lowest BCUT2D eigenvalue weighted by molar-refractivity contribution is -0.117. The highest BCUT2D eigenvalue weighted by atomic mass is 32.1. The van der Waals surface area contributed by atoms with Crippen LogP contribution >= 0.6 is 11.3 Å². The normalized spacial score (nSPS) is 13.0. The molecule has 136 valence electrons. The van der Waals surface area contributed by atoms with Crippen molar-refractivity contribution < 1.29 is 9.59 Å². The molecule has 7 nitrogen and oxygen atoms in total. The Morgan fingerprint density at radius 2 is 2.19 bits per heavy atom. The summed E-state index contributed by atoms with van der Waals surface area (Å²) in [4.78, 5) is 36.2. The fourth-order valence-electron chi connectivity index (χ4n) is 2.82. The zero-order valence-electron chi connectivity index (χ0n) is 14.4. The van der Waals surface area contributed by atoms with Gasteiger partial charge in [0.15, 0.2) is 5.82 Å². The monoisotopic (exact) mass is 379 g/mol. The van der Waals surface area contributed by atoms with Crippen molar-refractivity contribution in [1.82, 2.24) is 15.3 Å². The molecule has 0 aliphatic carbocycles. The summed E-state index contributed by atoms with van der Waals surface area (Å²) in [7, 11) is 0. The van der Waals surface area contributed by atoms with E-state index in [4.69, 9.17) is 0 Å². The second kappa shape index (κ2) is 7.55. The van der Waals surface area contributed by atoms with Crippen molar-refractivity contribution in [3.63, 3.8) is 0 Å². The average Bonchev–Trinajstić information content (AvgIpc) is 3.22. The van der Waals surface area contributed by atoms with Gasteiger partial charge >= 0.3 is 0 Å². The Labute approximate surface area is 160 Å². The topological polar surface area (TPSA) is 87.2 Å². The zero-order chi connectivity index (χ0) is 18.6. The minimum absolute atomic E-state index is 0.0916. The van der Waals surface area contributed by atoms with Crippen LogP contribution < -0.4 is 15.5 Å². The third-order valence-electron chi connectivity index (χ3n) is 4.18. The second-order valence-electron chi connectivity index (χ2n) is 6.01. The molecule has 27 heavy (non-hydrogen) atoms. The number of rotatable bonds is 5. The number of hydrogen-bond donors (Lipinski definition) is 2. The van der Waals surface area contributed by atoms with Crippen LogP contribution in [0.2, 0.25) is 0 Å². The minimum Gasteiger partial charge on any atom is -0.359 e. The van der Waals surface area contributed by atoms with Crippen LogP contribution in [0.25, 0.3) is 0 Å². The maximum Gasteiger partial charge on any atom is 0.253 e. The van der Waals surface area contributed by atoms with Crippen molar-refractivity contribution in [2.45, 2.75) is 13.1 Å². The fourth-order valence-corrected chi connectivity index (χ4v) is 3.46. The Bertz CT molecular complexity index is 959. The summed E-state index contributed by atoms with van der Waals surface area (Å²) in [5, 5.41) is 7.84. The largest absolute Gasteiger partial charge is 0.359 e. The SMILES string of the molecule is O=C(NCc1cccs1)c1cnc2c(c1)N(Cc1ccccn1)C(=O)CN2. The maximum absolute atomic E-state index is 12.5. The third kappa shape index (κ3) is 3.80. The number of anilines is 2. The van der Waals surface area contributed by atoms with E-state index in [2.05, 4.69) is 20.6 Å². The number of carbonyl (C=O) groups is 2. The Morgan fingerprint density at radius 3 is 2.96 bits per heavy atom. The van der Waals surface area contributed by atoms with Gasteiger partial charge in [-0.05, 0) is 29.6 Å². The maximum atomic E-state index is 12.5. The summed E-state index contributed by atoms with van der Waals surface area (Å²) in [6, 6.07) is 11.2. The van der Waals surface area contributed by atoms with Crippen molar-refractivity contribution in [3.8, 4) is 0 Å². The Hall–Kier alpha value is -3.26. The summed E-state index contributed by atoms with van der Waals surface area (Å²) in [6.07, 6.45) is 3.21. The summed E-state index contributed by atoms with van der Waals surface area (Å²) < 4.78 is 0. The van der Waals surface area contributed by atoms with Crippen LogP contribution in [-0.2, 0) is 17.9 Å². The molecule has 0 atom stereocenters. The molecule has 1 aliphatic rings. The quantitative estimate of drug-likeness (QED) is 0.711. The van der Waals surface area contributed by atoms with E-state index in [0.29, 0.717) is 30.2 Å². The molecule has 0 unspecified atom stereocenters. The molecule has 0 spiro atoms. The van der Waals surface area contributed by atoms with Crippen molar-refractivity contribution in [3.05, 3.63) is 70.3 Å². The van der Waals surface area contributed by atoms with Gasteiger partial charge in [0.05, 0.1) is 36.6 Å². The van der Waals surface area contributed by atoms with Crippen LogP contribution in [0.3, 0.4) is 0 Å². The highest BCUT2D eigenvalue weighted by Crippen LogP contribution is 2.29. The minimum atomic E-state index is -0.227. The number of pyridine rings is 2. The number of nitrogens with one attached hydrogen (secondary N) is 2. The lowest BCUT2D eigenvalue weighted by atomic mass is 10.1. The van der Waals surface area contributed by atoms with Crippen molar-refractivity contribution in [1.29, 1.82) is 0 Å². The van der Waals surface area contributed by atoms with Gasteiger partial charge in [0, 0.05) is 17.3 Å². The van der Waals surface area contributed by atoms with Gasteiger partial charge in [0.2, 0.25) is 5.91 Å². The molecule has 0 aromatic carbocycles. The highest BCUT2D eigenvalue weighted by Gasteiger charge is 2.26. The molecule has 8 heteroatoms. The molecule has 4 rings (SSSR count). The van der Waals surface area contributed by atoms with Crippen LogP contribution in [0, 0.1) is 0 Å². The van der Waals surface area contributed by atoms with Crippen LogP contribution in [-0.4, -0.2) is 28.3 Å². The summed E-state index contributed by atoms with van der Waals surface area (Å²) in [6.45, 7) is 0.954. The molecule has 2 N–H and O–H groups in total. The van der Waals surface area contributed by atoms with Crippen LogP contribution in [0.15, 0.2) is 54.2 Å². The Kier molecular flexibility index (Phi) is 4.80. The number of nitrogens with zero attached hydrogens (tertiary/aromatic N) is 3. The summed E-state index contributed by atoms with van der Waals surface area (Å²) >= 11 is 1.58. The first-order chi connectivity index (χ1) is 13.2. The first-order valence-corrected chi connectivity index (χ1v) is 9.33. The average molecular weight is 379 g/mol. The Morgan fingerprint density at radius 1 is 1.26 bits per heavy atom. The van der Waals surface area contributed by atoms with Gasteiger partial charge in [-0.2, -0.15) is 0 Å². The molecule has 4 heterocycles. The van der Waals surface area contributed by atoms with E-state index in [-0.39, 0.29) is 18.4 Å². The predicted molar refractivity (Wildman–Crippen MR) is 104 cm³/mol. The highest BCUT2D eigenvalue weighted by molar-refractivity contribution is 7.09. The molecular weight excluding hydrogens is 362 g/mol. The molecule has 0 radical (unpaired) electrons. The van der Waals surface area contributed by atoms with Gasteiger partial charge in [0.1, 0.15) is 0 Å². The number of aromatic nitrogens is 2. The number of amides is 2. The standard InChI is InChI=1S/C19H17N5O2S/c25-17-11-22-18-16(24(17)12-14-4-1-2-6-20-14)8-13(9-21-18)19(26)23-10-15-5-3-7-27-15/h1-9H,10-12H2,(H,21,22)(H,23,26). The zero-order valence-corrected chi connectivity index (χ0v) is 15.2. The molecule has 2 amide bonds. The molecular formula is C19H17N5O2S. The molecule has 3 aromatic heterocycles. The lowest BCUT2D eigenvalue weighted by Crippen LogP contribution is -2.40. The number of thiophene rings is 1. The molecule has 0 saturated carbocycles. The smallest absolute Gasteiger partial charge is 0.253 e. The first-order valence-electron chi connectivity index (χ1n) is 8.45. The van der Waals surface area contributed by atoms with Gasteiger partial charge in [-0.1, -0.05) is 12.1 Å². The van der Waals surface area contributed by atoms with E-state index < -0.39 is 0 Å². The molecule has 0 bridgehead atoms. The van der Waals surface area contributed by atoms with Crippen molar-refractivity contribution in [2.24, 2.45) is 0 Å². The van der Waals surface area contributed by atoms with Gasteiger partial charge in [-0.25, -0.2) is 4.98 Å². The first kappa shape index (κ1) is 17.2. The third-order valence-corrected chi connectivity index (χ3v) is 5.05. The van der Waals surface area contributed by atoms with E-state index in [1.165, 1.54) is 6.20 Å². The van der Waals surface area contributed by atoms with Crippen molar-refractivity contribution >= 4 is 34.7 Å². The van der Waals surface area contributed by atoms with E-state index in [0.717, 1.165) is 10.6 Å². The lowest BCUT2D eigenvalue weighted by Gasteiger charge is -2.29. The Balaban J connectivity index is 1.56. The van der Waals surface area contributed by atoms with Gasteiger partial charge in [0.25, 0.3) is 5.91 Å². The van der Waals surface area contributed by atoms with Crippen LogP contribution in [0.4, 0.5) is 11.5 Å². The number of hydrogen-bond acceptors (Lipinski definition) is 6. The van der Waals surface area contributed by atoms with E-state index in [9.17, 15) is 9.59 Å². The fraction of sp³-hybridized carbons (Fsp3) is 0.158.